The number of aryl methyl sites for hydroxylation is 1. The molecule has 6 nitrogen and oxygen atoms in total. The Morgan fingerprint density at radius 2 is 2.10 bits per heavy atom. The van der Waals surface area contributed by atoms with Crippen molar-refractivity contribution in [1.82, 2.24) is 9.13 Å². The first-order valence-electron chi connectivity index (χ1n) is 9.69. The van der Waals surface area contributed by atoms with Gasteiger partial charge in [0.25, 0.3) is 5.56 Å². The van der Waals surface area contributed by atoms with Crippen LogP contribution in [0.1, 0.15) is 41.7 Å². The Labute approximate surface area is 182 Å². The average Bonchev–Trinajstić information content (AvgIpc) is 3.39. The van der Waals surface area contributed by atoms with Gasteiger partial charge >= 0.3 is 5.97 Å². The van der Waals surface area contributed by atoms with Gasteiger partial charge in [0.2, 0.25) is 0 Å². The lowest BCUT2D eigenvalue weighted by Gasteiger charge is -2.23. The van der Waals surface area contributed by atoms with E-state index in [0.29, 0.717) is 20.6 Å². The largest absolute Gasteiger partial charge is 0.463 e. The second-order valence-corrected chi connectivity index (χ2v) is 9.19. The number of fused-ring (bicyclic) bond motifs is 1. The molecule has 8 heteroatoms. The highest BCUT2D eigenvalue weighted by Gasteiger charge is 2.33. The van der Waals surface area contributed by atoms with Crippen molar-refractivity contribution in [1.29, 1.82) is 0 Å². The lowest BCUT2D eigenvalue weighted by atomic mass is 10.0. The van der Waals surface area contributed by atoms with E-state index in [1.807, 2.05) is 44.5 Å². The van der Waals surface area contributed by atoms with Crippen molar-refractivity contribution >= 4 is 34.7 Å². The molecule has 1 aliphatic rings. The molecule has 4 heterocycles. The van der Waals surface area contributed by atoms with Crippen molar-refractivity contribution in [2.45, 2.75) is 33.7 Å². The fraction of sp³-hybridized carbons (Fsp3) is 0.318. The van der Waals surface area contributed by atoms with Crippen molar-refractivity contribution in [2.75, 3.05) is 6.61 Å². The third-order valence-electron chi connectivity index (χ3n) is 5.43. The summed E-state index contributed by atoms with van der Waals surface area (Å²) in [6.45, 7) is 7.91. The molecule has 30 heavy (non-hydrogen) atoms. The summed E-state index contributed by atoms with van der Waals surface area (Å²) >= 11 is 2.86. The molecular formula is C22H23N3O3S2. The number of rotatable bonds is 4. The summed E-state index contributed by atoms with van der Waals surface area (Å²) in [6, 6.07) is 5.40. The lowest BCUT2D eigenvalue weighted by molar-refractivity contribution is -0.139. The number of carbonyl (C=O) groups is 1. The molecule has 0 aromatic carbocycles. The Kier molecular flexibility index (Phi) is 5.38. The maximum atomic E-state index is 13.5. The summed E-state index contributed by atoms with van der Waals surface area (Å²) in [4.78, 5) is 32.3. The zero-order valence-corrected chi connectivity index (χ0v) is 19.2. The van der Waals surface area contributed by atoms with Gasteiger partial charge in [-0.2, -0.15) is 0 Å². The van der Waals surface area contributed by atoms with Crippen LogP contribution in [-0.4, -0.2) is 21.7 Å². The first-order chi connectivity index (χ1) is 14.3. The summed E-state index contributed by atoms with van der Waals surface area (Å²) < 4.78 is 9.62. The topological polar surface area (TPSA) is 65.6 Å². The van der Waals surface area contributed by atoms with Crippen LogP contribution in [0.4, 0.5) is 0 Å². The first kappa shape index (κ1) is 20.6. The van der Waals surface area contributed by atoms with Crippen molar-refractivity contribution < 1.29 is 9.53 Å². The number of esters is 1. The number of nitrogens with zero attached hydrogens (tertiary/aromatic N) is 3. The van der Waals surface area contributed by atoms with Crippen molar-refractivity contribution in [2.24, 2.45) is 12.0 Å². The minimum atomic E-state index is -0.527. The van der Waals surface area contributed by atoms with E-state index in [4.69, 9.17) is 4.74 Å². The van der Waals surface area contributed by atoms with Crippen LogP contribution in [0.15, 0.2) is 44.6 Å². The molecule has 0 bridgehead atoms. The minimum Gasteiger partial charge on any atom is -0.463 e. The van der Waals surface area contributed by atoms with Crippen LogP contribution in [0.3, 0.4) is 0 Å². The molecule has 3 aromatic heterocycles. The second kappa shape index (κ2) is 7.85. The number of hydrogen-bond acceptors (Lipinski definition) is 6. The molecule has 0 aliphatic carbocycles. The highest BCUT2D eigenvalue weighted by molar-refractivity contribution is 7.10. The summed E-state index contributed by atoms with van der Waals surface area (Å²) in [5.41, 5.74) is 4.10. The van der Waals surface area contributed by atoms with Gasteiger partial charge < -0.3 is 9.30 Å². The number of ether oxygens (including phenoxy) is 1. The first-order valence-corrected chi connectivity index (χ1v) is 11.4. The third-order valence-corrected chi connectivity index (χ3v) is 7.34. The van der Waals surface area contributed by atoms with E-state index in [2.05, 4.69) is 15.6 Å². The summed E-state index contributed by atoms with van der Waals surface area (Å²) in [7, 11) is 2.01. The number of hydrogen-bond donors (Lipinski definition) is 0. The Hall–Kier alpha value is -2.71. The predicted molar refractivity (Wildman–Crippen MR) is 120 cm³/mol. The Balaban J connectivity index is 1.96. The number of thiazole rings is 1. The van der Waals surface area contributed by atoms with E-state index in [1.54, 1.807) is 18.4 Å². The number of allylic oxidation sites excluding steroid dienone is 1. The van der Waals surface area contributed by atoms with E-state index in [9.17, 15) is 9.59 Å². The van der Waals surface area contributed by atoms with E-state index < -0.39 is 12.0 Å². The molecule has 3 aromatic rings. The second-order valence-electron chi connectivity index (χ2n) is 7.20. The summed E-state index contributed by atoms with van der Waals surface area (Å²) in [5.74, 6) is -0.430. The normalized spacial score (nSPS) is 16.6. The molecule has 0 saturated heterocycles. The highest BCUT2D eigenvalue weighted by atomic mass is 32.1. The van der Waals surface area contributed by atoms with Gasteiger partial charge in [0.15, 0.2) is 4.80 Å². The molecule has 4 rings (SSSR count). The van der Waals surface area contributed by atoms with Gasteiger partial charge in [-0.25, -0.2) is 9.79 Å². The van der Waals surface area contributed by atoms with Crippen LogP contribution in [0.25, 0.3) is 6.08 Å². The Morgan fingerprint density at radius 1 is 1.33 bits per heavy atom. The molecule has 0 spiro atoms. The van der Waals surface area contributed by atoms with Crippen LogP contribution in [0.5, 0.6) is 0 Å². The van der Waals surface area contributed by atoms with Gasteiger partial charge in [-0.05, 0) is 56.8 Å². The zero-order valence-electron chi connectivity index (χ0n) is 17.6. The lowest BCUT2D eigenvalue weighted by Crippen LogP contribution is -2.39. The number of carbonyl (C=O) groups excluding carboxylic acids is 1. The van der Waals surface area contributed by atoms with Crippen molar-refractivity contribution in [3.05, 3.63) is 76.4 Å². The molecule has 0 unspecified atom stereocenters. The Morgan fingerprint density at radius 3 is 2.70 bits per heavy atom. The molecule has 0 N–H and O–H groups in total. The quantitative estimate of drug-likeness (QED) is 0.585. The summed E-state index contributed by atoms with van der Waals surface area (Å²) in [5, 5.41) is 1.94. The van der Waals surface area contributed by atoms with Crippen LogP contribution >= 0.6 is 22.7 Å². The van der Waals surface area contributed by atoms with E-state index in [-0.39, 0.29) is 12.2 Å². The third kappa shape index (κ3) is 3.30. The molecular weight excluding hydrogens is 418 g/mol. The molecule has 156 valence electrons. The van der Waals surface area contributed by atoms with Crippen molar-refractivity contribution in [3.63, 3.8) is 0 Å². The Bertz CT molecular complexity index is 1340. The highest BCUT2D eigenvalue weighted by Crippen LogP contribution is 2.33. The fourth-order valence-electron chi connectivity index (χ4n) is 3.68. The van der Waals surface area contributed by atoms with Gasteiger partial charge in [-0.3, -0.25) is 9.36 Å². The molecule has 0 saturated carbocycles. The standard InChI is InChI=1S/C22H23N3O3S2/c1-6-28-21(27)18-13(3)23-22-25(19(18)16-8-7-9-29-16)20(26)17(30-22)11-15-10-12(2)24(5)14(15)4/h7-11,19H,6H2,1-5H3/b17-11+/t19-/m0/s1. The number of thiophene rings is 1. The van der Waals surface area contributed by atoms with Gasteiger partial charge in [-0.15, -0.1) is 11.3 Å². The van der Waals surface area contributed by atoms with E-state index >= 15 is 0 Å². The monoisotopic (exact) mass is 441 g/mol. The average molecular weight is 442 g/mol. The number of aromatic nitrogens is 2. The van der Waals surface area contributed by atoms with E-state index in [1.165, 1.54) is 22.7 Å². The molecule has 0 radical (unpaired) electrons. The molecule has 0 fully saturated rings. The van der Waals surface area contributed by atoms with Crippen LogP contribution < -0.4 is 14.9 Å². The maximum Gasteiger partial charge on any atom is 0.338 e. The van der Waals surface area contributed by atoms with Crippen LogP contribution in [0, 0.1) is 13.8 Å². The molecule has 1 atom stereocenters. The SMILES string of the molecule is CCOC(=O)C1=C(C)N=c2s/c(=C/c3cc(C)n(C)c3C)c(=O)n2[C@H]1c1cccs1. The smallest absolute Gasteiger partial charge is 0.338 e. The van der Waals surface area contributed by atoms with Crippen molar-refractivity contribution in [3.8, 4) is 0 Å². The maximum absolute atomic E-state index is 13.5. The summed E-state index contributed by atoms with van der Waals surface area (Å²) in [6.07, 6.45) is 1.92. The van der Waals surface area contributed by atoms with E-state index in [0.717, 1.165) is 21.8 Å². The minimum absolute atomic E-state index is 0.146. The predicted octanol–water partition coefficient (Wildman–Crippen LogP) is 2.82. The van der Waals surface area contributed by atoms with Gasteiger partial charge in [-0.1, -0.05) is 17.4 Å². The van der Waals surface area contributed by atoms with Crippen LogP contribution in [-0.2, 0) is 16.6 Å². The van der Waals surface area contributed by atoms with Gasteiger partial charge in [0.05, 0.1) is 22.4 Å². The molecule has 1 aliphatic heterocycles. The van der Waals surface area contributed by atoms with Crippen LogP contribution in [0.2, 0.25) is 0 Å². The fourth-order valence-corrected chi connectivity index (χ4v) is 5.54. The zero-order chi connectivity index (χ0) is 21.6. The van der Waals surface area contributed by atoms with Gasteiger partial charge in [0, 0.05) is 23.3 Å². The van der Waals surface area contributed by atoms with Gasteiger partial charge in [0.1, 0.15) is 6.04 Å². The molecule has 0 amide bonds.